The number of carbonyl (C=O) groups excluding carboxylic acids is 1. The molecule has 8 nitrogen and oxygen atoms in total. The van der Waals surface area contributed by atoms with Crippen LogP contribution in [0.1, 0.15) is 43.2 Å². The Morgan fingerprint density at radius 1 is 1.29 bits per heavy atom. The van der Waals surface area contributed by atoms with Gasteiger partial charge in [-0.2, -0.15) is 4.98 Å². The number of esters is 1. The summed E-state index contributed by atoms with van der Waals surface area (Å²) < 4.78 is 10.8. The van der Waals surface area contributed by atoms with E-state index >= 15 is 0 Å². The lowest BCUT2D eigenvalue weighted by Crippen LogP contribution is -2.86. The van der Waals surface area contributed by atoms with Gasteiger partial charge >= 0.3 is 5.97 Å². The summed E-state index contributed by atoms with van der Waals surface area (Å²) in [5, 5.41) is 14.5. The molecule has 0 amide bonds. The molecule has 0 bridgehead atoms. The smallest absolute Gasteiger partial charge is 0.357 e. The van der Waals surface area contributed by atoms with Gasteiger partial charge in [0.15, 0.2) is 5.69 Å². The summed E-state index contributed by atoms with van der Waals surface area (Å²) in [6.07, 6.45) is 1.02. The van der Waals surface area contributed by atoms with Gasteiger partial charge in [0.2, 0.25) is 5.82 Å². The van der Waals surface area contributed by atoms with Crippen LogP contribution < -0.4 is 15.5 Å². The number of benzene rings is 1. The van der Waals surface area contributed by atoms with Crippen LogP contribution in [0.5, 0.6) is 0 Å². The molecule has 1 aromatic carbocycles. The Morgan fingerprint density at radius 2 is 2.03 bits per heavy atom. The zero-order chi connectivity index (χ0) is 24.1. The van der Waals surface area contributed by atoms with Crippen molar-refractivity contribution in [3.63, 3.8) is 0 Å². The lowest BCUT2D eigenvalue weighted by molar-refractivity contribution is -0.609. The van der Waals surface area contributed by atoms with Crippen LogP contribution in [0, 0.1) is 11.3 Å². The van der Waals surface area contributed by atoms with Crippen LogP contribution in [0.25, 0.3) is 11.1 Å². The second kappa shape index (κ2) is 11.1. The monoisotopic (exact) mass is 466 g/mol. The van der Waals surface area contributed by atoms with Gasteiger partial charge < -0.3 is 25.1 Å². The van der Waals surface area contributed by atoms with Crippen molar-refractivity contribution in [3.8, 4) is 11.1 Å². The van der Waals surface area contributed by atoms with Crippen LogP contribution in [0.15, 0.2) is 30.3 Å². The third-order valence-corrected chi connectivity index (χ3v) is 6.43. The second-order valence-corrected chi connectivity index (χ2v) is 9.17. The number of nitrogens with one attached hydrogen (secondary N) is 2. The SMILES string of the molecule is CCOC(=O)c1cc(-c2ccc(N3CCOCC3)cc2)c(C(=N)C(C)C)c([NH2+]C2CCNC2)n1. The van der Waals surface area contributed by atoms with E-state index in [9.17, 15) is 4.79 Å². The Morgan fingerprint density at radius 3 is 2.65 bits per heavy atom. The summed E-state index contributed by atoms with van der Waals surface area (Å²) >= 11 is 0. The van der Waals surface area contributed by atoms with Crippen molar-refractivity contribution in [3.05, 3.63) is 41.6 Å². The maximum atomic E-state index is 12.7. The van der Waals surface area contributed by atoms with Gasteiger partial charge in [-0.25, -0.2) is 4.79 Å². The van der Waals surface area contributed by atoms with E-state index in [2.05, 4.69) is 39.8 Å². The molecule has 2 saturated heterocycles. The van der Waals surface area contributed by atoms with Gasteiger partial charge in [0.25, 0.3) is 0 Å². The first-order valence-corrected chi connectivity index (χ1v) is 12.3. The number of anilines is 1. The lowest BCUT2D eigenvalue weighted by Gasteiger charge is -2.29. The van der Waals surface area contributed by atoms with E-state index < -0.39 is 5.97 Å². The highest BCUT2D eigenvalue weighted by Crippen LogP contribution is 2.32. The molecular formula is C26H36N5O3+. The van der Waals surface area contributed by atoms with Crippen molar-refractivity contribution < 1.29 is 19.6 Å². The molecule has 0 spiro atoms. The summed E-state index contributed by atoms with van der Waals surface area (Å²) in [6.45, 7) is 11.2. The lowest BCUT2D eigenvalue weighted by atomic mass is 9.91. The fraction of sp³-hybridized carbons (Fsp3) is 0.500. The zero-order valence-corrected chi connectivity index (χ0v) is 20.4. The van der Waals surface area contributed by atoms with Gasteiger partial charge in [-0.15, -0.1) is 0 Å². The molecule has 0 aliphatic carbocycles. The van der Waals surface area contributed by atoms with Crippen molar-refractivity contribution in [2.24, 2.45) is 5.92 Å². The highest BCUT2D eigenvalue weighted by molar-refractivity contribution is 6.08. The zero-order valence-electron chi connectivity index (χ0n) is 20.4. The Labute approximate surface area is 201 Å². The van der Waals surface area contributed by atoms with Crippen LogP contribution in [0.3, 0.4) is 0 Å². The number of ether oxygens (including phenoxy) is 2. The predicted octanol–water partition coefficient (Wildman–Crippen LogP) is 2.34. The number of quaternary nitrogens is 1. The molecule has 4 N–H and O–H groups in total. The largest absolute Gasteiger partial charge is 0.461 e. The van der Waals surface area contributed by atoms with Gasteiger partial charge in [0.05, 0.1) is 25.4 Å². The molecule has 2 aliphatic rings. The number of aromatic nitrogens is 1. The average molecular weight is 467 g/mol. The van der Waals surface area contributed by atoms with Crippen molar-refractivity contribution in [1.82, 2.24) is 10.3 Å². The molecule has 4 rings (SSSR count). The van der Waals surface area contributed by atoms with Gasteiger partial charge in [-0.3, -0.25) is 5.32 Å². The summed E-state index contributed by atoms with van der Waals surface area (Å²) in [5.74, 6) is 0.288. The first-order valence-electron chi connectivity index (χ1n) is 12.3. The van der Waals surface area contributed by atoms with Crippen LogP contribution in [0.2, 0.25) is 0 Å². The molecule has 2 aliphatic heterocycles. The van der Waals surface area contributed by atoms with E-state index in [1.807, 2.05) is 13.8 Å². The van der Waals surface area contributed by atoms with E-state index in [1.54, 1.807) is 13.0 Å². The summed E-state index contributed by atoms with van der Waals surface area (Å²) in [5.41, 5.74) is 4.57. The van der Waals surface area contributed by atoms with E-state index in [4.69, 9.17) is 19.9 Å². The number of rotatable bonds is 8. The van der Waals surface area contributed by atoms with E-state index in [1.165, 1.54) is 0 Å². The third kappa shape index (κ3) is 5.46. The van der Waals surface area contributed by atoms with E-state index in [-0.39, 0.29) is 11.6 Å². The highest BCUT2D eigenvalue weighted by Gasteiger charge is 2.28. The number of hydrogen-bond acceptors (Lipinski definition) is 7. The Hall–Kier alpha value is -2.81. The van der Waals surface area contributed by atoms with Crippen LogP contribution >= 0.6 is 0 Å². The van der Waals surface area contributed by atoms with E-state index in [0.717, 1.165) is 68.2 Å². The molecule has 3 heterocycles. The minimum absolute atomic E-state index is 0.0236. The fourth-order valence-corrected chi connectivity index (χ4v) is 4.51. The molecule has 1 unspecified atom stereocenters. The minimum Gasteiger partial charge on any atom is -0.461 e. The fourth-order valence-electron chi connectivity index (χ4n) is 4.51. The maximum Gasteiger partial charge on any atom is 0.357 e. The maximum absolute atomic E-state index is 12.7. The first-order chi connectivity index (χ1) is 16.5. The molecule has 1 aromatic heterocycles. The highest BCUT2D eigenvalue weighted by atomic mass is 16.5. The number of pyridine rings is 1. The van der Waals surface area contributed by atoms with E-state index in [0.29, 0.717) is 24.2 Å². The summed E-state index contributed by atoms with van der Waals surface area (Å²) in [6, 6.07) is 10.5. The van der Waals surface area contributed by atoms with Gasteiger partial charge in [-0.1, -0.05) is 26.0 Å². The molecule has 1 atom stereocenters. The normalized spacial score (nSPS) is 18.4. The van der Waals surface area contributed by atoms with Gasteiger partial charge in [0, 0.05) is 49.6 Å². The van der Waals surface area contributed by atoms with Crippen LogP contribution in [-0.2, 0) is 9.47 Å². The quantitative estimate of drug-likeness (QED) is 0.408. The molecule has 2 fully saturated rings. The Balaban J connectivity index is 1.79. The van der Waals surface area contributed by atoms with Crippen molar-refractivity contribution in [1.29, 1.82) is 5.41 Å². The molecule has 0 radical (unpaired) electrons. The Kier molecular flexibility index (Phi) is 7.92. The molecule has 34 heavy (non-hydrogen) atoms. The van der Waals surface area contributed by atoms with Crippen LogP contribution in [-0.4, -0.2) is 68.7 Å². The van der Waals surface area contributed by atoms with Crippen molar-refractivity contribution >= 4 is 23.2 Å². The van der Waals surface area contributed by atoms with Crippen LogP contribution in [0.4, 0.5) is 11.5 Å². The molecule has 0 saturated carbocycles. The number of hydrogen-bond donors (Lipinski definition) is 3. The molecule has 182 valence electrons. The molecule has 2 aromatic rings. The minimum atomic E-state index is -0.435. The van der Waals surface area contributed by atoms with Gasteiger partial charge in [-0.05, 0) is 36.6 Å². The topological polar surface area (TPSA) is 104 Å². The van der Waals surface area contributed by atoms with Crippen molar-refractivity contribution in [2.45, 2.75) is 33.2 Å². The number of morpholine rings is 1. The number of nitrogens with two attached hydrogens (primary N) is 1. The standard InChI is InChI=1S/C26H35N5O3/c1-4-34-26(32)22-15-21(18-5-7-20(8-6-18)31-11-13-33-14-12-31)23(24(27)17(2)3)25(30-22)29-19-9-10-28-16-19/h5-8,15,17,19,27-28H,4,9-14,16H2,1-3H3,(H,29,30)/p+1. The number of carbonyl (C=O) groups is 1. The molecular weight excluding hydrogens is 430 g/mol. The Bertz CT molecular complexity index is 1010. The van der Waals surface area contributed by atoms with Gasteiger partial charge in [0.1, 0.15) is 6.04 Å². The first kappa shape index (κ1) is 24.3. The predicted molar refractivity (Wildman–Crippen MR) is 133 cm³/mol. The molecule has 8 heteroatoms. The van der Waals surface area contributed by atoms with Crippen molar-refractivity contribution in [2.75, 3.05) is 50.9 Å². The number of nitrogens with zero attached hydrogens (tertiary/aromatic N) is 2. The average Bonchev–Trinajstić information content (AvgIpc) is 3.37. The summed E-state index contributed by atoms with van der Waals surface area (Å²) in [4.78, 5) is 19.7. The summed E-state index contributed by atoms with van der Waals surface area (Å²) in [7, 11) is 0. The second-order valence-electron chi connectivity index (χ2n) is 9.17. The third-order valence-electron chi connectivity index (χ3n) is 6.43.